The van der Waals surface area contributed by atoms with Crippen LogP contribution in [0.4, 0.5) is 0 Å². The Morgan fingerprint density at radius 1 is 1.11 bits per heavy atom. The van der Waals surface area contributed by atoms with Gasteiger partial charge >= 0.3 is 0 Å². The number of aromatic hydroxyl groups is 3. The van der Waals surface area contributed by atoms with Crippen LogP contribution in [-0.2, 0) is 0 Å². The number of fused-ring (bicyclic) bond motifs is 1. The van der Waals surface area contributed by atoms with Crippen LogP contribution in [-0.4, -0.2) is 15.3 Å². The minimum Gasteiger partial charge on any atom is -0.504 e. The van der Waals surface area contributed by atoms with Gasteiger partial charge in [-0.2, -0.15) is 0 Å². The standard InChI is InChI=1S/C13H8O5S/c14-7-4-6-9(5-8(7)15)18-13(12(17)11(6)16)10-2-1-3-19-10/h1-5,14-15,17H. The van der Waals surface area contributed by atoms with Crippen molar-refractivity contribution < 1.29 is 19.7 Å². The molecule has 3 N–H and O–H groups in total. The van der Waals surface area contributed by atoms with Gasteiger partial charge in [0.1, 0.15) is 5.58 Å². The van der Waals surface area contributed by atoms with Crippen molar-refractivity contribution >= 4 is 22.3 Å². The maximum absolute atomic E-state index is 12.0. The molecule has 3 rings (SSSR count). The van der Waals surface area contributed by atoms with Crippen LogP contribution in [0.2, 0.25) is 0 Å². The SMILES string of the molecule is O=c1c(O)c(-c2cccs2)oc2cc(O)c(O)cc12. The minimum absolute atomic E-state index is 0.00751. The molecule has 0 unspecified atom stereocenters. The molecule has 0 radical (unpaired) electrons. The van der Waals surface area contributed by atoms with Crippen molar-refractivity contribution in [2.45, 2.75) is 0 Å². The zero-order valence-electron chi connectivity index (χ0n) is 9.45. The molecule has 3 aromatic rings. The molecule has 0 aliphatic heterocycles. The summed E-state index contributed by atoms with van der Waals surface area (Å²) < 4.78 is 5.44. The van der Waals surface area contributed by atoms with E-state index in [0.717, 1.165) is 12.1 Å². The Hall–Kier alpha value is -2.47. The van der Waals surface area contributed by atoms with E-state index >= 15 is 0 Å². The Kier molecular flexibility index (Phi) is 2.46. The van der Waals surface area contributed by atoms with Gasteiger partial charge < -0.3 is 19.7 Å². The molecule has 0 aliphatic rings. The topological polar surface area (TPSA) is 90.9 Å². The molecule has 1 aromatic carbocycles. The number of rotatable bonds is 1. The summed E-state index contributed by atoms with van der Waals surface area (Å²) in [4.78, 5) is 12.6. The first-order chi connectivity index (χ1) is 9.08. The average Bonchev–Trinajstić information content (AvgIpc) is 2.90. The fourth-order valence-electron chi connectivity index (χ4n) is 1.78. The van der Waals surface area contributed by atoms with Gasteiger partial charge in [0.25, 0.3) is 0 Å². The lowest BCUT2D eigenvalue weighted by Gasteiger charge is -2.05. The van der Waals surface area contributed by atoms with Crippen molar-refractivity contribution in [1.82, 2.24) is 0 Å². The van der Waals surface area contributed by atoms with E-state index in [9.17, 15) is 20.1 Å². The summed E-state index contributed by atoms with van der Waals surface area (Å²) in [6, 6.07) is 5.67. The first kappa shape index (κ1) is 11.6. The second kappa shape index (κ2) is 4.03. The molecule has 0 saturated carbocycles. The Bertz CT molecular complexity index is 817. The van der Waals surface area contributed by atoms with Crippen LogP contribution in [0.25, 0.3) is 21.6 Å². The molecule has 2 aromatic heterocycles. The van der Waals surface area contributed by atoms with Gasteiger partial charge in [0.05, 0.1) is 10.3 Å². The van der Waals surface area contributed by atoms with Crippen molar-refractivity contribution in [3.8, 4) is 27.9 Å². The highest BCUT2D eigenvalue weighted by Gasteiger charge is 2.17. The number of hydrogen-bond donors (Lipinski definition) is 3. The summed E-state index contributed by atoms with van der Waals surface area (Å²) >= 11 is 1.31. The Labute approximate surface area is 110 Å². The monoisotopic (exact) mass is 276 g/mol. The summed E-state index contributed by atoms with van der Waals surface area (Å²) in [7, 11) is 0. The lowest BCUT2D eigenvalue weighted by molar-refractivity contribution is 0.403. The van der Waals surface area contributed by atoms with E-state index in [0.29, 0.717) is 4.88 Å². The summed E-state index contributed by atoms with van der Waals surface area (Å²) in [6.07, 6.45) is 0. The third-order valence-corrected chi connectivity index (χ3v) is 3.58. The van der Waals surface area contributed by atoms with Gasteiger partial charge in [-0.1, -0.05) is 6.07 Å². The molecule has 96 valence electrons. The number of thiophene rings is 1. The van der Waals surface area contributed by atoms with E-state index in [4.69, 9.17) is 4.42 Å². The minimum atomic E-state index is -0.653. The van der Waals surface area contributed by atoms with Crippen LogP contribution < -0.4 is 5.43 Å². The molecule has 6 heteroatoms. The summed E-state index contributed by atoms with van der Waals surface area (Å²) in [5, 5.41) is 30.5. The van der Waals surface area contributed by atoms with Gasteiger partial charge in [-0.25, -0.2) is 0 Å². The molecule has 0 saturated heterocycles. The van der Waals surface area contributed by atoms with Crippen molar-refractivity contribution in [2.24, 2.45) is 0 Å². The predicted molar refractivity (Wildman–Crippen MR) is 70.8 cm³/mol. The zero-order chi connectivity index (χ0) is 13.6. The molecule has 0 atom stereocenters. The summed E-state index contributed by atoms with van der Waals surface area (Å²) in [5.41, 5.74) is -0.554. The molecule has 0 amide bonds. The second-order valence-electron chi connectivity index (χ2n) is 3.92. The fourth-order valence-corrected chi connectivity index (χ4v) is 2.49. The van der Waals surface area contributed by atoms with Crippen molar-refractivity contribution in [3.05, 3.63) is 39.9 Å². The number of benzene rings is 1. The highest BCUT2D eigenvalue weighted by Crippen LogP contribution is 2.36. The molecule has 5 nitrogen and oxygen atoms in total. The summed E-state index contributed by atoms with van der Waals surface area (Å²) in [6.45, 7) is 0. The van der Waals surface area contributed by atoms with Crippen LogP contribution in [0.5, 0.6) is 17.2 Å². The maximum atomic E-state index is 12.0. The van der Waals surface area contributed by atoms with E-state index in [2.05, 4.69) is 0 Å². The molecule has 0 spiro atoms. The van der Waals surface area contributed by atoms with E-state index in [1.807, 2.05) is 0 Å². The van der Waals surface area contributed by atoms with Crippen LogP contribution in [0.1, 0.15) is 0 Å². The quantitative estimate of drug-likeness (QED) is 0.594. The maximum Gasteiger partial charge on any atom is 0.235 e. The largest absolute Gasteiger partial charge is 0.504 e. The molecule has 2 heterocycles. The van der Waals surface area contributed by atoms with E-state index < -0.39 is 22.7 Å². The third kappa shape index (κ3) is 1.73. The van der Waals surface area contributed by atoms with Gasteiger partial charge in [0.15, 0.2) is 17.3 Å². The normalized spacial score (nSPS) is 10.9. The molecular weight excluding hydrogens is 268 g/mol. The highest BCUT2D eigenvalue weighted by molar-refractivity contribution is 7.13. The van der Waals surface area contributed by atoms with Crippen molar-refractivity contribution in [2.75, 3.05) is 0 Å². The number of phenols is 2. The number of phenolic OH excluding ortho intramolecular Hbond substituents is 2. The van der Waals surface area contributed by atoms with Gasteiger partial charge in [-0.3, -0.25) is 4.79 Å². The van der Waals surface area contributed by atoms with E-state index in [-0.39, 0.29) is 16.7 Å². The van der Waals surface area contributed by atoms with Crippen LogP contribution in [0.15, 0.2) is 38.9 Å². The van der Waals surface area contributed by atoms with Crippen molar-refractivity contribution in [1.29, 1.82) is 0 Å². The van der Waals surface area contributed by atoms with Crippen LogP contribution in [0, 0.1) is 0 Å². The lowest BCUT2D eigenvalue weighted by Crippen LogP contribution is -2.02. The Morgan fingerprint density at radius 2 is 1.84 bits per heavy atom. The van der Waals surface area contributed by atoms with Crippen LogP contribution >= 0.6 is 11.3 Å². The second-order valence-corrected chi connectivity index (χ2v) is 4.87. The smallest absolute Gasteiger partial charge is 0.235 e. The van der Waals surface area contributed by atoms with E-state index in [1.54, 1.807) is 17.5 Å². The lowest BCUT2D eigenvalue weighted by atomic mass is 10.1. The fraction of sp³-hybridized carbons (Fsp3) is 0. The molecule has 0 fully saturated rings. The zero-order valence-corrected chi connectivity index (χ0v) is 10.3. The van der Waals surface area contributed by atoms with Gasteiger partial charge in [0.2, 0.25) is 11.2 Å². The van der Waals surface area contributed by atoms with Crippen LogP contribution in [0.3, 0.4) is 0 Å². The van der Waals surface area contributed by atoms with Gasteiger partial charge in [-0.15, -0.1) is 11.3 Å². The van der Waals surface area contributed by atoms with Gasteiger partial charge in [-0.05, 0) is 17.5 Å². The first-order valence-electron chi connectivity index (χ1n) is 5.33. The first-order valence-corrected chi connectivity index (χ1v) is 6.21. The third-order valence-electron chi connectivity index (χ3n) is 2.71. The Morgan fingerprint density at radius 3 is 2.53 bits per heavy atom. The number of hydrogen-bond acceptors (Lipinski definition) is 6. The van der Waals surface area contributed by atoms with Gasteiger partial charge in [0, 0.05) is 6.07 Å². The van der Waals surface area contributed by atoms with E-state index in [1.165, 1.54) is 11.3 Å². The molecule has 19 heavy (non-hydrogen) atoms. The highest BCUT2D eigenvalue weighted by atomic mass is 32.1. The predicted octanol–water partition coefficient (Wildman–Crippen LogP) is 2.64. The summed E-state index contributed by atoms with van der Waals surface area (Å²) in [5.74, 6) is -1.29. The molecule has 0 bridgehead atoms. The average molecular weight is 276 g/mol. The molecule has 0 aliphatic carbocycles. The Balaban J connectivity index is 2.42. The van der Waals surface area contributed by atoms with Crippen molar-refractivity contribution in [3.63, 3.8) is 0 Å². The molecular formula is C13H8O5S.